The van der Waals surface area contributed by atoms with Gasteiger partial charge in [-0.25, -0.2) is 0 Å². The van der Waals surface area contributed by atoms with Gasteiger partial charge in [-0.3, -0.25) is 0 Å². The van der Waals surface area contributed by atoms with Crippen LogP contribution in [-0.2, 0) is 0 Å². The molecule has 1 nitrogen and oxygen atoms in total. The zero-order valence-electron chi connectivity index (χ0n) is 20.5. The molecular weight excluding hydrogens is 469 g/mol. The zero-order valence-corrected chi connectivity index (χ0v) is 22.3. The Morgan fingerprint density at radius 3 is 1.89 bits per heavy atom. The Labute approximate surface area is 218 Å². The van der Waals surface area contributed by atoms with Crippen molar-refractivity contribution in [2.24, 2.45) is 0 Å². The molecule has 2 aliphatic rings. The van der Waals surface area contributed by atoms with E-state index in [0.717, 1.165) is 0 Å². The normalized spacial score (nSPS) is 14.4. The lowest BCUT2D eigenvalue weighted by Crippen LogP contribution is -2.77. The van der Waals surface area contributed by atoms with Crippen molar-refractivity contribution in [1.82, 2.24) is 0 Å². The second-order valence-electron chi connectivity index (χ2n) is 10.2. The van der Waals surface area contributed by atoms with Gasteiger partial charge in [0.2, 0.25) is 6.71 Å². The summed E-state index contributed by atoms with van der Waals surface area (Å²) in [7, 11) is -1.77. The van der Waals surface area contributed by atoms with Gasteiger partial charge in [-0.2, -0.15) is 0 Å². The fourth-order valence-corrected chi connectivity index (χ4v) is 10.7. The molecule has 172 valence electrons. The van der Waals surface area contributed by atoms with Crippen molar-refractivity contribution in [2.45, 2.75) is 22.9 Å². The maximum Gasteiger partial charge on any atom is 0.243 e. The first-order valence-corrected chi connectivity index (χ1v) is 16.4. The molecule has 36 heavy (non-hydrogen) atoms. The van der Waals surface area contributed by atoms with Gasteiger partial charge in [0.05, 0.1) is 5.69 Å². The second-order valence-corrected chi connectivity index (χ2v) is 15.5. The fourth-order valence-electron chi connectivity index (χ4n) is 6.17. The van der Waals surface area contributed by atoms with Gasteiger partial charge in [0.15, 0.2) is 0 Å². The van der Waals surface area contributed by atoms with E-state index in [1.807, 2.05) is 11.8 Å². The third-order valence-corrected chi connectivity index (χ3v) is 12.6. The van der Waals surface area contributed by atoms with E-state index in [0.29, 0.717) is 0 Å². The second kappa shape index (κ2) is 8.29. The van der Waals surface area contributed by atoms with Crippen LogP contribution in [0.4, 0.5) is 17.1 Å². The molecule has 2 heterocycles. The van der Waals surface area contributed by atoms with E-state index in [9.17, 15) is 0 Å². The highest BCUT2D eigenvalue weighted by molar-refractivity contribution is 8.00. The smallest absolute Gasteiger partial charge is 0.243 e. The van der Waals surface area contributed by atoms with Crippen molar-refractivity contribution >= 4 is 70.4 Å². The van der Waals surface area contributed by atoms with E-state index in [1.165, 1.54) is 37.8 Å². The minimum Gasteiger partial charge on any atom is -0.309 e. The number of para-hydroxylation sites is 2. The monoisotopic (exact) mass is 495 g/mol. The summed E-state index contributed by atoms with van der Waals surface area (Å²) < 4.78 is 0. The Kier molecular flexibility index (Phi) is 5.02. The Hall–Kier alpha value is -3.47. The molecule has 4 heteroatoms. The maximum atomic E-state index is 2.51. The zero-order chi connectivity index (χ0) is 24.3. The first-order chi connectivity index (χ1) is 17.6. The summed E-state index contributed by atoms with van der Waals surface area (Å²) in [6, 6.07) is 44.6. The predicted octanol–water partition coefficient (Wildman–Crippen LogP) is 5.27. The van der Waals surface area contributed by atoms with Crippen LogP contribution in [0, 0.1) is 0 Å². The SMILES string of the molecule is C[Si]1(C)c2ccccc2B2c3cccc(N(c4ccccc4)c4ccccc4)c3Sc3cccc1c32. The van der Waals surface area contributed by atoms with Gasteiger partial charge in [-0.1, -0.05) is 137 Å². The number of hydrogen-bond donors (Lipinski definition) is 0. The number of rotatable bonds is 3. The van der Waals surface area contributed by atoms with E-state index in [2.05, 4.69) is 139 Å². The van der Waals surface area contributed by atoms with E-state index in [-0.39, 0.29) is 6.71 Å². The average Bonchev–Trinajstić information content (AvgIpc) is 2.92. The number of fused-ring (bicyclic) bond motifs is 4. The van der Waals surface area contributed by atoms with Gasteiger partial charge in [-0.15, -0.1) is 0 Å². The Balaban J connectivity index is 1.50. The average molecular weight is 496 g/mol. The predicted molar refractivity (Wildman–Crippen MR) is 160 cm³/mol. The molecule has 0 aliphatic carbocycles. The minimum atomic E-state index is -1.77. The molecule has 7 rings (SSSR count). The van der Waals surface area contributed by atoms with Gasteiger partial charge < -0.3 is 4.90 Å². The quantitative estimate of drug-likeness (QED) is 0.308. The van der Waals surface area contributed by atoms with Crippen LogP contribution >= 0.6 is 11.8 Å². The summed E-state index contributed by atoms with van der Waals surface area (Å²) >= 11 is 1.95. The first-order valence-electron chi connectivity index (χ1n) is 12.6. The largest absolute Gasteiger partial charge is 0.309 e. The third-order valence-electron chi connectivity index (χ3n) is 7.79. The van der Waals surface area contributed by atoms with Crippen molar-refractivity contribution in [2.75, 3.05) is 4.90 Å². The molecular formula is C32H26BNSSi. The molecule has 0 aromatic heterocycles. The van der Waals surface area contributed by atoms with Gasteiger partial charge in [0.25, 0.3) is 0 Å². The van der Waals surface area contributed by atoms with Gasteiger partial charge >= 0.3 is 0 Å². The van der Waals surface area contributed by atoms with Crippen LogP contribution in [0.25, 0.3) is 0 Å². The molecule has 0 bridgehead atoms. The molecule has 0 amide bonds. The molecule has 2 aliphatic heterocycles. The standard InChI is InChI=1S/C32H26BNSSi/c1-36(2)29-21-10-9-17-25(29)33-26-18-11-19-27(32(26)35-28-20-12-22-30(36)31(28)33)34(23-13-5-3-6-14-23)24-15-7-4-8-16-24/h3-22H,1-2H3. The first kappa shape index (κ1) is 21.8. The molecule has 5 aromatic rings. The van der Waals surface area contributed by atoms with Crippen molar-refractivity contribution in [3.05, 3.63) is 121 Å². The van der Waals surface area contributed by atoms with E-state index < -0.39 is 8.07 Å². The molecule has 0 radical (unpaired) electrons. The Morgan fingerprint density at radius 1 is 0.583 bits per heavy atom. The Bertz CT molecular complexity index is 1560. The molecule has 0 saturated carbocycles. The highest BCUT2D eigenvalue weighted by Crippen LogP contribution is 2.43. The molecule has 0 spiro atoms. The third kappa shape index (κ3) is 3.18. The summed E-state index contributed by atoms with van der Waals surface area (Å²) in [5.74, 6) is 0. The van der Waals surface area contributed by atoms with Crippen LogP contribution in [0.1, 0.15) is 0 Å². The van der Waals surface area contributed by atoms with Crippen LogP contribution in [-0.4, -0.2) is 14.8 Å². The van der Waals surface area contributed by atoms with Crippen molar-refractivity contribution in [3.63, 3.8) is 0 Å². The fraction of sp³-hybridized carbons (Fsp3) is 0.0625. The van der Waals surface area contributed by atoms with E-state index >= 15 is 0 Å². The van der Waals surface area contributed by atoms with Crippen LogP contribution in [0.2, 0.25) is 13.1 Å². The maximum absolute atomic E-state index is 2.51. The highest BCUT2D eigenvalue weighted by atomic mass is 32.2. The molecule has 0 fully saturated rings. The van der Waals surface area contributed by atoms with Crippen molar-refractivity contribution in [3.8, 4) is 0 Å². The highest BCUT2D eigenvalue weighted by Gasteiger charge is 2.45. The summed E-state index contributed by atoms with van der Waals surface area (Å²) in [5, 5.41) is 3.17. The van der Waals surface area contributed by atoms with Crippen LogP contribution in [0.3, 0.4) is 0 Å². The number of anilines is 3. The van der Waals surface area contributed by atoms with Gasteiger partial charge in [0, 0.05) is 21.2 Å². The van der Waals surface area contributed by atoms with Crippen LogP contribution in [0.15, 0.2) is 131 Å². The number of nitrogens with zero attached hydrogens (tertiary/aromatic N) is 1. The lowest BCUT2D eigenvalue weighted by Gasteiger charge is -2.41. The molecule has 0 unspecified atom stereocenters. The summed E-state index contributed by atoms with van der Waals surface area (Å²) in [4.78, 5) is 5.18. The summed E-state index contributed by atoms with van der Waals surface area (Å²) in [6.45, 7) is 5.30. The lowest BCUT2D eigenvalue weighted by atomic mass is 9.36. The van der Waals surface area contributed by atoms with Crippen LogP contribution < -0.4 is 31.7 Å². The Morgan fingerprint density at radius 2 is 1.17 bits per heavy atom. The van der Waals surface area contributed by atoms with Gasteiger partial charge in [-0.05, 0) is 36.4 Å². The molecule has 0 atom stereocenters. The van der Waals surface area contributed by atoms with Crippen LogP contribution in [0.5, 0.6) is 0 Å². The van der Waals surface area contributed by atoms with Crippen molar-refractivity contribution < 1.29 is 0 Å². The molecule has 0 N–H and O–H groups in total. The summed E-state index contributed by atoms with van der Waals surface area (Å²) in [6.07, 6.45) is 0. The van der Waals surface area contributed by atoms with E-state index in [4.69, 9.17) is 0 Å². The van der Waals surface area contributed by atoms with E-state index in [1.54, 1.807) is 15.8 Å². The van der Waals surface area contributed by atoms with Crippen molar-refractivity contribution in [1.29, 1.82) is 0 Å². The molecule has 5 aromatic carbocycles. The minimum absolute atomic E-state index is 0.275. The topological polar surface area (TPSA) is 3.24 Å². The molecule has 0 saturated heterocycles. The number of hydrogen-bond acceptors (Lipinski definition) is 2. The lowest BCUT2D eigenvalue weighted by molar-refractivity contribution is 1.24. The number of benzene rings is 5. The summed E-state index contributed by atoms with van der Waals surface area (Å²) in [5.41, 5.74) is 8.06. The van der Waals surface area contributed by atoms with Gasteiger partial charge in [0.1, 0.15) is 8.07 Å².